The number of halogens is 1. The predicted molar refractivity (Wildman–Crippen MR) is 76.4 cm³/mol. The third-order valence-corrected chi connectivity index (χ3v) is 5.07. The van der Waals surface area contributed by atoms with Gasteiger partial charge >= 0.3 is 0 Å². The molecule has 4 atom stereocenters. The number of hydrogen-bond acceptors (Lipinski definition) is 3. The van der Waals surface area contributed by atoms with Crippen molar-refractivity contribution < 1.29 is 9.53 Å². The Bertz CT molecular complexity index is 342. The number of ether oxygens (including phenoxy) is 1. The second kappa shape index (κ2) is 5.58. The van der Waals surface area contributed by atoms with Crippen LogP contribution in [0.2, 0.25) is 0 Å². The zero-order valence-corrected chi connectivity index (χ0v) is 12.6. The van der Waals surface area contributed by atoms with Gasteiger partial charge in [-0.2, -0.15) is 0 Å². The van der Waals surface area contributed by atoms with E-state index in [1.54, 1.807) is 0 Å². The summed E-state index contributed by atoms with van der Waals surface area (Å²) in [6.07, 6.45) is 3.59. The third kappa shape index (κ3) is 2.50. The fourth-order valence-corrected chi connectivity index (χ4v) is 3.96. The van der Waals surface area contributed by atoms with E-state index in [9.17, 15) is 4.79 Å². The first kappa shape index (κ1) is 15.1. The smallest absolute Gasteiger partial charge is 0.224 e. The van der Waals surface area contributed by atoms with Crippen molar-refractivity contribution in [3.63, 3.8) is 0 Å². The summed E-state index contributed by atoms with van der Waals surface area (Å²) in [5.74, 6) is 0.946. The van der Waals surface area contributed by atoms with Gasteiger partial charge in [-0.3, -0.25) is 4.79 Å². The lowest BCUT2D eigenvalue weighted by Crippen LogP contribution is -2.67. The fourth-order valence-electron chi connectivity index (χ4n) is 3.96. The van der Waals surface area contributed by atoms with Gasteiger partial charge in [-0.15, -0.1) is 12.4 Å². The van der Waals surface area contributed by atoms with Crippen molar-refractivity contribution >= 4 is 18.3 Å². The van der Waals surface area contributed by atoms with Gasteiger partial charge in [0.1, 0.15) is 0 Å². The highest BCUT2D eigenvalue weighted by Gasteiger charge is 2.59. The number of hydrogen-bond donors (Lipinski definition) is 2. The normalized spacial score (nSPS) is 39.7. The third-order valence-electron chi connectivity index (χ3n) is 5.07. The molecule has 2 aliphatic heterocycles. The van der Waals surface area contributed by atoms with E-state index in [1.165, 1.54) is 0 Å². The summed E-state index contributed by atoms with van der Waals surface area (Å²) in [7, 11) is 0. The van der Waals surface area contributed by atoms with Gasteiger partial charge in [0.25, 0.3) is 0 Å². The minimum absolute atomic E-state index is 0. The lowest BCUT2D eigenvalue weighted by Gasteiger charge is -2.54. The summed E-state index contributed by atoms with van der Waals surface area (Å²) in [5, 5.41) is 6.60. The zero-order valence-electron chi connectivity index (χ0n) is 11.8. The highest BCUT2D eigenvalue weighted by molar-refractivity contribution is 5.85. The van der Waals surface area contributed by atoms with Gasteiger partial charge in [-0.25, -0.2) is 0 Å². The summed E-state index contributed by atoms with van der Waals surface area (Å²) in [6.45, 7) is 7.17. The lowest BCUT2D eigenvalue weighted by atomic mass is 9.57. The molecule has 0 bridgehead atoms. The van der Waals surface area contributed by atoms with E-state index in [2.05, 4.69) is 24.5 Å². The molecule has 1 amide bonds. The van der Waals surface area contributed by atoms with E-state index in [0.29, 0.717) is 18.1 Å². The van der Waals surface area contributed by atoms with Crippen LogP contribution in [0.4, 0.5) is 0 Å². The average Bonchev–Trinajstić information content (AvgIpc) is 2.83. The molecule has 110 valence electrons. The minimum atomic E-state index is 0. The summed E-state index contributed by atoms with van der Waals surface area (Å²) in [6, 6.07) is 0.305. The van der Waals surface area contributed by atoms with Crippen molar-refractivity contribution in [3.05, 3.63) is 0 Å². The van der Waals surface area contributed by atoms with Gasteiger partial charge in [0.15, 0.2) is 0 Å². The molecular weight excluding hydrogens is 264 g/mol. The van der Waals surface area contributed by atoms with Crippen LogP contribution in [-0.4, -0.2) is 37.7 Å². The topological polar surface area (TPSA) is 50.4 Å². The van der Waals surface area contributed by atoms with Gasteiger partial charge < -0.3 is 15.4 Å². The van der Waals surface area contributed by atoms with E-state index in [1.807, 2.05) is 0 Å². The van der Waals surface area contributed by atoms with Crippen molar-refractivity contribution in [2.45, 2.75) is 45.3 Å². The molecule has 4 nitrogen and oxygen atoms in total. The number of rotatable bonds is 2. The van der Waals surface area contributed by atoms with Crippen LogP contribution in [0.15, 0.2) is 0 Å². The molecule has 3 fully saturated rings. The Balaban J connectivity index is 0.00000133. The Morgan fingerprint density at radius 3 is 2.84 bits per heavy atom. The quantitative estimate of drug-likeness (QED) is 0.806. The highest BCUT2D eigenvalue weighted by atomic mass is 35.5. The Kier molecular flexibility index (Phi) is 4.43. The molecule has 4 unspecified atom stereocenters. The Morgan fingerprint density at radius 2 is 2.16 bits per heavy atom. The largest absolute Gasteiger partial charge is 0.377 e. The first-order valence-electron chi connectivity index (χ1n) is 7.23. The molecule has 3 aliphatic rings. The van der Waals surface area contributed by atoms with Crippen molar-refractivity contribution in [2.24, 2.45) is 17.3 Å². The van der Waals surface area contributed by atoms with Gasteiger partial charge in [-0.05, 0) is 25.8 Å². The molecule has 5 heteroatoms. The first-order valence-corrected chi connectivity index (χ1v) is 7.23. The summed E-state index contributed by atoms with van der Waals surface area (Å²) in [5.41, 5.74) is 0.0962. The molecule has 19 heavy (non-hydrogen) atoms. The second-order valence-corrected chi connectivity index (χ2v) is 6.59. The molecule has 0 aromatic rings. The predicted octanol–water partition coefficient (Wildman–Crippen LogP) is 1.34. The molecule has 1 aliphatic carbocycles. The van der Waals surface area contributed by atoms with Crippen molar-refractivity contribution in [3.8, 4) is 0 Å². The molecule has 2 saturated heterocycles. The molecule has 0 spiro atoms. The van der Waals surface area contributed by atoms with Crippen LogP contribution in [0.1, 0.15) is 33.1 Å². The average molecular weight is 289 g/mol. The van der Waals surface area contributed by atoms with Crippen molar-refractivity contribution in [1.29, 1.82) is 0 Å². The van der Waals surface area contributed by atoms with Crippen LogP contribution in [0.25, 0.3) is 0 Å². The minimum Gasteiger partial charge on any atom is -0.377 e. The number of carbonyl (C=O) groups is 1. The van der Waals surface area contributed by atoms with Crippen LogP contribution in [-0.2, 0) is 9.53 Å². The molecule has 3 rings (SSSR count). The Morgan fingerprint density at radius 1 is 1.37 bits per heavy atom. The van der Waals surface area contributed by atoms with Crippen LogP contribution < -0.4 is 10.6 Å². The van der Waals surface area contributed by atoms with E-state index in [4.69, 9.17) is 4.74 Å². The fraction of sp³-hybridized carbons (Fsp3) is 0.929. The molecular formula is C14H25ClN2O2. The number of fused-ring (bicyclic) bond motifs is 1. The van der Waals surface area contributed by atoms with Gasteiger partial charge in [0.05, 0.1) is 12.0 Å². The van der Waals surface area contributed by atoms with Crippen molar-refractivity contribution in [1.82, 2.24) is 10.6 Å². The van der Waals surface area contributed by atoms with Crippen LogP contribution in [0.5, 0.6) is 0 Å². The molecule has 2 heterocycles. The Hall–Kier alpha value is -0.320. The summed E-state index contributed by atoms with van der Waals surface area (Å²) in [4.78, 5) is 12.3. The van der Waals surface area contributed by atoms with Crippen LogP contribution in [0, 0.1) is 17.3 Å². The van der Waals surface area contributed by atoms with E-state index < -0.39 is 0 Å². The van der Waals surface area contributed by atoms with Gasteiger partial charge in [0.2, 0.25) is 5.91 Å². The monoisotopic (exact) mass is 288 g/mol. The number of amides is 1. The van der Waals surface area contributed by atoms with Gasteiger partial charge in [-0.1, -0.05) is 13.8 Å². The number of piperidine rings is 1. The summed E-state index contributed by atoms with van der Waals surface area (Å²) >= 11 is 0. The van der Waals surface area contributed by atoms with Crippen LogP contribution in [0.3, 0.4) is 0 Å². The molecule has 1 saturated carbocycles. The molecule has 0 aromatic heterocycles. The highest BCUT2D eigenvalue weighted by Crippen LogP contribution is 2.52. The molecule has 0 radical (unpaired) electrons. The summed E-state index contributed by atoms with van der Waals surface area (Å²) < 4.78 is 5.76. The maximum absolute atomic E-state index is 12.3. The second-order valence-electron chi connectivity index (χ2n) is 6.59. The molecule has 2 N–H and O–H groups in total. The standard InChI is InChI=1S/C14H24N2O2.ClH/c1-14(2)11(10-5-7-18-12(10)14)16-13(17)9-4-3-6-15-8-9;/h9-12,15H,3-8H2,1-2H3,(H,16,17);1H. The maximum atomic E-state index is 12.3. The molecule has 0 aromatic carbocycles. The Labute approximate surface area is 121 Å². The van der Waals surface area contributed by atoms with Crippen LogP contribution >= 0.6 is 12.4 Å². The van der Waals surface area contributed by atoms with E-state index >= 15 is 0 Å². The zero-order chi connectivity index (χ0) is 12.8. The number of nitrogens with one attached hydrogen (secondary N) is 2. The van der Waals surface area contributed by atoms with Crippen molar-refractivity contribution in [2.75, 3.05) is 19.7 Å². The van der Waals surface area contributed by atoms with E-state index in [-0.39, 0.29) is 29.6 Å². The first-order chi connectivity index (χ1) is 8.60. The lowest BCUT2D eigenvalue weighted by molar-refractivity contribution is -0.141. The van der Waals surface area contributed by atoms with Gasteiger partial charge in [0, 0.05) is 30.5 Å². The maximum Gasteiger partial charge on any atom is 0.224 e. The van der Waals surface area contributed by atoms with E-state index in [0.717, 1.165) is 39.0 Å². The SMILES string of the molecule is CC1(C)C(NC(=O)C2CCCNC2)C2CCOC21.Cl. The number of carbonyl (C=O) groups excluding carboxylic acids is 1.